The van der Waals surface area contributed by atoms with E-state index in [4.69, 9.17) is 28.8 Å². The topological polar surface area (TPSA) is 128 Å². The molecule has 0 amide bonds. The SMILES string of the molecule is [2H][C@H](O)[C@H]1O[C@@H](n2cnc3c(=S)[nH]c(N)nc32)C[C@@H]1OC(=O)C(C)C. The molecule has 2 aromatic heterocycles. The minimum absolute atomic E-state index is 0.136. The first-order valence-electron chi connectivity index (χ1n) is 8.04. The number of aliphatic hydroxyl groups is 1. The molecule has 0 aliphatic carbocycles. The molecule has 3 rings (SSSR count). The number of rotatable bonds is 4. The first-order valence-corrected chi connectivity index (χ1v) is 7.87. The maximum absolute atomic E-state index is 11.9. The molecule has 4 atom stereocenters. The van der Waals surface area contributed by atoms with Crippen LogP contribution in [-0.2, 0) is 14.3 Å². The van der Waals surface area contributed by atoms with Gasteiger partial charge in [0.15, 0.2) is 5.65 Å². The Kier molecular flexibility index (Phi) is 4.17. The second-order valence-corrected chi connectivity index (χ2v) is 6.25. The number of fused-ring (bicyclic) bond motifs is 1. The lowest BCUT2D eigenvalue weighted by atomic mass is 10.1. The highest BCUT2D eigenvalue weighted by atomic mass is 32.1. The van der Waals surface area contributed by atoms with Gasteiger partial charge in [0.05, 0.1) is 20.2 Å². The Hall–Kier alpha value is -2.04. The summed E-state index contributed by atoms with van der Waals surface area (Å²) in [5.74, 6) is -0.603. The zero-order chi connectivity index (χ0) is 18.3. The van der Waals surface area contributed by atoms with Crippen LogP contribution in [0, 0.1) is 10.6 Å². The van der Waals surface area contributed by atoms with Crippen molar-refractivity contribution < 1.29 is 20.7 Å². The predicted molar refractivity (Wildman–Crippen MR) is 87.5 cm³/mol. The van der Waals surface area contributed by atoms with Crippen molar-refractivity contribution in [1.29, 1.82) is 0 Å². The first-order chi connectivity index (χ1) is 11.8. The lowest BCUT2D eigenvalue weighted by Gasteiger charge is -2.17. The highest BCUT2D eigenvalue weighted by Crippen LogP contribution is 2.33. The zero-order valence-electron chi connectivity index (χ0n) is 14.2. The molecule has 1 fully saturated rings. The average molecular weight is 354 g/mol. The fourth-order valence-corrected chi connectivity index (χ4v) is 2.77. The standard InChI is InChI=1S/C14H19N5O4S/c1-6(2)13(21)23-7-3-9(22-8(7)4-20)19-5-16-10-11(19)17-14(15)18-12(10)24/h5-9,20H,3-4H2,1-2H3,(H3,15,17,18,24)/t7-,8+,9+/m0/s1/i4D/t4-,7-,8+,9+. The Bertz CT molecular complexity index is 851. The number of nitrogens with one attached hydrogen (secondary N) is 1. The predicted octanol–water partition coefficient (Wildman–Crippen LogP) is 0.919. The normalized spacial score (nSPS) is 25.8. The summed E-state index contributed by atoms with van der Waals surface area (Å²) in [7, 11) is 0. The molecule has 1 saturated heterocycles. The van der Waals surface area contributed by atoms with Crippen molar-refractivity contribution in [2.75, 3.05) is 12.3 Å². The number of nitrogens with two attached hydrogens (primary N) is 1. The zero-order valence-corrected chi connectivity index (χ0v) is 14.0. The number of aromatic amines is 1. The molecular weight excluding hydrogens is 334 g/mol. The van der Waals surface area contributed by atoms with Crippen LogP contribution in [0.2, 0.25) is 0 Å². The minimum Gasteiger partial charge on any atom is -0.459 e. The third-order valence-corrected chi connectivity index (χ3v) is 4.06. The van der Waals surface area contributed by atoms with Crippen LogP contribution in [0.25, 0.3) is 11.2 Å². The van der Waals surface area contributed by atoms with Crippen LogP contribution in [0.15, 0.2) is 6.33 Å². The molecule has 3 heterocycles. The van der Waals surface area contributed by atoms with Gasteiger partial charge in [-0.2, -0.15) is 4.98 Å². The summed E-state index contributed by atoms with van der Waals surface area (Å²) in [5.41, 5.74) is 6.57. The van der Waals surface area contributed by atoms with E-state index in [0.717, 1.165) is 0 Å². The summed E-state index contributed by atoms with van der Waals surface area (Å²) in [6.45, 7) is 1.87. The first kappa shape index (κ1) is 15.5. The highest BCUT2D eigenvalue weighted by molar-refractivity contribution is 7.71. The van der Waals surface area contributed by atoms with E-state index in [-0.39, 0.29) is 18.3 Å². The van der Waals surface area contributed by atoms with Crippen LogP contribution >= 0.6 is 12.2 Å². The molecule has 0 spiro atoms. The van der Waals surface area contributed by atoms with Crippen LogP contribution in [0.4, 0.5) is 5.95 Å². The van der Waals surface area contributed by atoms with Gasteiger partial charge in [-0.3, -0.25) is 9.36 Å². The van der Waals surface area contributed by atoms with Gasteiger partial charge in [-0.1, -0.05) is 26.1 Å². The Labute approximate surface area is 144 Å². The monoisotopic (exact) mass is 354 g/mol. The number of hydrogen-bond acceptors (Lipinski definition) is 8. The number of H-pyrrole nitrogens is 1. The number of nitrogens with zero attached hydrogens (tertiary/aromatic N) is 3. The highest BCUT2D eigenvalue weighted by Gasteiger charge is 2.39. The second-order valence-electron chi connectivity index (χ2n) is 5.85. The van der Waals surface area contributed by atoms with Crippen molar-refractivity contribution in [3.8, 4) is 0 Å². The quantitative estimate of drug-likeness (QED) is 0.546. The van der Waals surface area contributed by atoms with Crippen LogP contribution in [0.5, 0.6) is 0 Å². The molecule has 0 unspecified atom stereocenters. The van der Waals surface area contributed by atoms with E-state index in [1.54, 1.807) is 18.4 Å². The van der Waals surface area contributed by atoms with E-state index < -0.39 is 31.0 Å². The van der Waals surface area contributed by atoms with E-state index in [1.165, 1.54) is 6.33 Å². The third kappa shape index (κ3) is 2.99. The molecule has 0 radical (unpaired) electrons. The van der Waals surface area contributed by atoms with Gasteiger partial charge in [-0.15, -0.1) is 0 Å². The smallest absolute Gasteiger partial charge is 0.308 e. The van der Waals surface area contributed by atoms with Gasteiger partial charge in [0, 0.05) is 6.42 Å². The van der Waals surface area contributed by atoms with Crippen molar-refractivity contribution >= 4 is 35.3 Å². The molecule has 2 aromatic rings. The van der Waals surface area contributed by atoms with Gasteiger partial charge in [0.25, 0.3) is 0 Å². The molecule has 9 nitrogen and oxygen atoms in total. The number of imidazole rings is 1. The van der Waals surface area contributed by atoms with E-state index in [9.17, 15) is 9.90 Å². The number of carbonyl (C=O) groups is 1. The summed E-state index contributed by atoms with van der Waals surface area (Å²) in [6, 6.07) is 0. The minimum atomic E-state index is -1.55. The summed E-state index contributed by atoms with van der Waals surface area (Å²) in [6.07, 6.45) is -0.604. The van der Waals surface area contributed by atoms with Crippen LogP contribution in [-0.4, -0.2) is 49.4 Å². The lowest BCUT2D eigenvalue weighted by Crippen LogP contribution is -2.31. The molecule has 0 bridgehead atoms. The summed E-state index contributed by atoms with van der Waals surface area (Å²) < 4.78 is 20.6. The largest absolute Gasteiger partial charge is 0.459 e. The van der Waals surface area contributed by atoms with Crippen molar-refractivity contribution in [2.24, 2.45) is 5.92 Å². The van der Waals surface area contributed by atoms with E-state index in [1.807, 2.05) is 0 Å². The van der Waals surface area contributed by atoms with Crippen LogP contribution in [0.1, 0.15) is 27.9 Å². The van der Waals surface area contributed by atoms with Gasteiger partial charge in [0.2, 0.25) is 5.95 Å². The Morgan fingerprint density at radius 1 is 1.75 bits per heavy atom. The van der Waals surface area contributed by atoms with Crippen molar-refractivity contribution in [2.45, 2.75) is 38.7 Å². The molecule has 1 aliphatic rings. The summed E-state index contributed by atoms with van der Waals surface area (Å²) in [5, 5.41) is 9.66. The van der Waals surface area contributed by atoms with Gasteiger partial charge in [-0.25, -0.2) is 4.98 Å². The molecule has 1 aliphatic heterocycles. The summed E-state index contributed by atoms with van der Waals surface area (Å²) in [4.78, 5) is 23.0. The number of anilines is 1. The van der Waals surface area contributed by atoms with E-state index in [0.29, 0.717) is 15.8 Å². The second kappa shape index (κ2) is 6.46. The van der Waals surface area contributed by atoms with Gasteiger partial charge >= 0.3 is 5.97 Å². The fourth-order valence-electron chi connectivity index (χ4n) is 2.52. The fraction of sp³-hybridized carbons (Fsp3) is 0.571. The molecule has 130 valence electrons. The Balaban J connectivity index is 1.91. The maximum Gasteiger partial charge on any atom is 0.308 e. The van der Waals surface area contributed by atoms with Crippen molar-refractivity contribution in [3.63, 3.8) is 0 Å². The Morgan fingerprint density at radius 2 is 2.50 bits per heavy atom. The lowest BCUT2D eigenvalue weighted by molar-refractivity contribution is -0.156. The number of nitrogen functional groups attached to an aromatic ring is 1. The molecule has 24 heavy (non-hydrogen) atoms. The average Bonchev–Trinajstić information content (AvgIpc) is 3.10. The van der Waals surface area contributed by atoms with Gasteiger partial charge < -0.3 is 25.3 Å². The molecule has 4 N–H and O–H groups in total. The number of esters is 1. The number of aromatic nitrogens is 4. The number of hydrogen-bond donors (Lipinski definition) is 3. The number of carbonyl (C=O) groups excluding carboxylic acids is 1. The molecule has 0 aromatic carbocycles. The summed E-state index contributed by atoms with van der Waals surface area (Å²) >= 11 is 5.17. The maximum atomic E-state index is 11.9. The molecule has 10 heteroatoms. The third-order valence-electron chi connectivity index (χ3n) is 3.76. The van der Waals surface area contributed by atoms with Crippen LogP contribution < -0.4 is 5.73 Å². The van der Waals surface area contributed by atoms with E-state index in [2.05, 4.69) is 15.0 Å². The van der Waals surface area contributed by atoms with Gasteiger partial charge in [-0.05, 0) is 0 Å². The molecule has 0 saturated carbocycles. The number of aliphatic hydroxyl groups excluding tert-OH is 1. The van der Waals surface area contributed by atoms with E-state index >= 15 is 0 Å². The van der Waals surface area contributed by atoms with Crippen molar-refractivity contribution in [3.05, 3.63) is 11.0 Å². The number of ether oxygens (including phenoxy) is 2. The van der Waals surface area contributed by atoms with Crippen LogP contribution in [0.3, 0.4) is 0 Å². The molecular formula is C14H19N5O4S. The van der Waals surface area contributed by atoms with Gasteiger partial charge in [0.1, 0.15) is 28.6 Å². The Morgan fingerprint density at radius 3 is 3.17 bits per heavy atom. The van der Waals surface area contributed by atoms with Crippen molar-refractivity contribution in [1.82, 2.24) is 19.5 Å².